The van der Waals surface area contributed by atoms with Crippen LogP contribution >= 0.6 is 11.6 Å². The Bertz CT molecular complexity index is 456. The summed E-state index contributed by atoms with van der Waals surface area (Å²) >= 11 is 6.15. The lowest BCUT2D eigenvalue weighted by Gasteiger charge is -2.30. The van der Waals surface area contributed by atoms with Crippen LogP contribution in [0.3, 0.4) is 0 Å². The van der Waals surface area contributed by atoms with Crippen LogP contribution in [-0.4, -0.2) is 19.3 Å². The van der Waals surface area contributed by atoms with Crippen LogP contribution in [0.25, 0.3) is 0 Å². The molecule has 2 atom stereocenters. The van der Waals surface area contributed by atoms with Crippen molar-refractivity contribution in [2.24, 2.45) is 0 Å². The van der Waals surface area contributed by atoms with E-state index in [1.54, 1.807) is 25.3 Å². The third-order valence-electron chi connectivity index (χ3n) is 3.44. The van der Waals surface area contributed by atoms with Gasteiger partial charge in [-0.15, -0.1) is 0 Å². The van der Waals surface area contributed by atoms with Gasteiger partial charge in [-0.1, -0.05) is 17.7 Å². The number of hydrogen-bond acceptors (Lipinski definition) is 3. The zero-order valence-electron chi connectivity index (χ0n) is 10.4. The van der Waals surface area contributed by atoms with Gasteiger partial charge in [-0.2, -0.15) is 5.26 Å². The third kappa shape index (κ3) is 2.95. The number of benzene rings is 1. The molecule has 0 saturated heterocycles. The van der Waals surface area contributed by atoms with Gasteiger partial charge in [0, 0.05) is 13.2 Å². The van der Waals surface area contributed by atoms with E-state index in [1.165, 1.54) is 0 Å². The van der Waals surface area contributed by atoms with Gasteiger partial charge in [-0.05, 0) is 37.8 Å². The Morgan fingerprint density at radius 2 is 2.28 bits per heavy atom. The van der Waals surface area contributed by atoms with Gasteiger partial charge in [0.25, 0.3) is 0 Å². The molecule has 0 spiro atoms. The highest BCUT2D eigenvalue weighted by Gasteiger charge is 2.22. The fraction of sp³-hybridized carbons (Fsp3) is 0.500. The van der Waals surface area contributed by atoms with Crippen LogP contribution in [0.5, 0.6) is 0 Å². The smallest absolute Gasteiger partial charge is 0.101 e. The van der Waals surface area contributed by atoms with E-state index in [0.29, 0.717) is 22.7 Å². The summed E-state index contributed by atoms with van der Waals surface area (Å²) in [6.07, 6.45) is 4.62. The Labute approximate surface area is 113 Å². The molecule has 1 aliphatic carbocycles. The molecule has 1 aliphatic rings. The monoisotopic (exact) mass is 264 g/mol. The largest absolute Gasteiger partial charge is 0.381 e. The predicted octanol–water partition coefficient (Wildman–Crippen LogP) is 3.58. The fourth-order valence-corrected chi connectivity index (χ4v) is 2.69. The van der Waals surface area contributed by atoms with E-state index in [0.717, 1.165) is 31.4 Å². The molecule has 1 fully saturated rings. The van der Waals surface area contributed by atoms with E-state index in [1.807, 2.05) is 0 Å². The number of anilines is 1. The van der Waals surface area contributed by atoms with Gasteiger partial charge in [0.1, 0.15) is 6.07 Å². The summed E-state index contributed by atoms with van der Waals surface area (Å²) in [6, 6.07) is 7.89. The van der Waals surface area contributed by atoms with Gasteiger partial charge in [-0.3, -0.25) is 0 Å². The normalized spacial score (nSPS) is 23.4. The van der Waals surface area contributed by atoms with E-state index in [2.05, 4.69) is 11.4 Å². The lowest BCUT2D eigenvalue weighted by atomic mass is 9.92. The summed E-state index contributed by atoms with van der Waals surface area (Å²) in [5.74, 6) is 0. The maximum Gasteiger partial charge on any atom is 0.101 e. The molecular weight excluding hydrogens is 248 g/mol. The van der Waals surface area contributed by atoms with Crippen LogP contribution in [0.4, 0.5) is 5.69 Å². The molecule has 1 aromatic rings. The topological polar surface area (TPSA) is 45.0 Å². The average molecular weight is 265 g/mol. The van der Waals surface area contributed by atoms with E-state index in [-0.39, 0.29) is 0 Å². The summed E-state index contributed by atoms with van der Waals surface area (Å²) in [7, 11) is 1.75. The lowest BCUT2D eigenvalue weighted by Crippen LogP contribution is -2.31. The molecule has 0 aromatic heterocycles. The minimum Gasteiger partial charge on any atom is -0.381 e. The van der Waals surface area contributed by atoms with E-state index in [4.69, 9.17) is 21.6 Å². The van der Waals surface area contributed by atoms with Crippen LogP contribution < -0.4 is 5.32 Å². The Morgan fingerprint density at radius 1 is 1.44 bits per heavy atom. The van der Waals surface area contributed by atoms with Crippen molar-refractivity contribution in [3.05, 3.63) is 28.8 Å². The SMILES string of the molecule is COC1CCCC(Nc2c(Cl)cccc2C#N)C1. The van der Waals surface area contributed by atoms with Crippen LogP contribution in [-0.2, 0) is 4.74 Å². The first-order valence-corrected chi connectivity index (χ1v) is 6.60. The molecule has 1 saturated carbocycles. The van der Waals surface area contributed by atoms with Gasteiger partial charge in [0.15, 0.2) is 0 Å². The van der Waals surface area contributed by atoms with Crippen molar-refractivity contribution in [2.75, 3.05) is 12.4 Å². The molecular formula is C14H17ClN2O. The van der Waals surface area contributed by atoms with Crippen LogP contribution in [0.2, 0.25) is 5.02 Å². The first-order valence-electron chi connectivity index (χ1n) is 6.22. The van der Waals surface area contributed by atoms with Crippen molar-refractivity contribution in [2.45, 2.75) is 37.8 Å². The second-order valence-corrected chi connectivity index (χ2v) is 5.05. The zero-order valence-corrected chi connectivity index (χ0v) is 11.2. The molecule has 1 N–H and O–H groups in total. The molecule has 2 unspecified atom stereocenters. The van der Waals surface area contributed by atoms with E-state index < -0.39 is 0 Å². The molecule has 0 aliphatic heterocycles. The second-order valence-electron chi connectivity index (χ2n) is 4.64. The number of para-hydroxylation sites is 1. The molecule has 0 amide bonds. The quantitative estimate of drug-likeness (QED) is 0.908. The third-order valence-corrected chi connectivity index (χ3v) is 3.76. The number of nitrogens with zero attached hydrogens (tertiary/aromatic N) is 1. The summed E-state index contributed by atoms with van der Waals surface area (Å²) in [6.45, 7) is 0. The minimum absolute atomic E-state index is 0.310. The van der Waals surface area contributed by atoms with Crippen LogP contribution in [0.15, 0.2) is 18.2 Å². The zero-order chi connectivity index (χ0) is 13.0. The van der Waals surface area contributed by atoms with Gasteiger partial charge < -0.3 is 10.1 Å². The van der Waals surface area contributed by atoms with E-state index >= 15 is 0 Å². The Morgan fingerprint density at radius 3 is 3.00 bits per heavy atom. The van der Waals surface area contributed by atoms with Crippen molar-refractivity contribution >= 4 is 17.3 Å². The van der Waals surface area contributed by atoms with Gasteiger partial charge in [-0.25, -0.2) is 0 Å². The highest BCUT2D eigenvalue weighted by molar-refractivity contribution is 6.33. The Kier molecular flexibility index (Phi) is 4.46. The standard InChI is InChI=1S/C14H17ClN2O/c1-18-12-6-3-5-11(8-12)17-14-10(9-16)4-2-7-13(14)15/h2,4,7,11-12,17H,3,5-6,8H2,1H3. The summed E-state index contributed by atoms with van der Waals surface area (Å²) in [4.78, 5) is 0. The maximum absolute atomic E-state index is 9.10. The molecule has 1 aromatic carbocycles. The van der Waals surface area contributed by atoms with Crippen LogP contribution in [0, 0.1) is 11.3 Å². The Hall–Kier alpha value is -1.24. The number of methoxy groups -OCH3 is 1. The molecule has 4 heteroatoms. The highest BCUT2D eigenvalue weighted by Crippen LogP contribution is 2.30. The van der Waals surface area contributed by atoms with E-state index in [9.17, 15) is 0 Å². The van der Waals surface area contributed by atoms with Crippen LogP contribution in [0.1, 0.15) is 31.2 Å². The van der Waals surface area contributed by atoms with Crippen molar-refractivity contribution < 1.29 is 4.74 Å². The lowest BCUT2D eigenvalue weighted by molar-refractivity contribution is 0.0669. The highest BCUT2D eigenvalue weighted by atomic mass is 35.5. The average Bonchev–Trinajstić information content (AvgIpc) is 2.41. The first-order chi connectivity index (χ1) is 8.74. The molecule has 2 rings (SSSR count). The molecule has 3 nitrogen and oxygen atoms in total. The number of rotatable bonds is 3. The molecule has 0 bridgehead atoms. The fourth-order valence-electron chi connectivity index (χ4n) is 2.46. The van der Waals surface area contributed by atoms with Gasteiger partial charge in [0.05, 0.1) is 22.4 Å². The van der Waals surface area contributed by atoms with Gasteiger partial charge >= 0.3 is 0 Å². The number of halogens is 1. The summed E-state index contributed by atoms with van der Waals surface area (Å²) in [5.41, 5.74) is 1.35. The summed E-state index contributed by atoms with van der Waals surface area (Å²) in [5, 5.41) is 13.1. The van der Waals surface area contributed by atoms with Crippen molar-refractivity contribution in [1.82, 2.24) is 0 Å². The molecule has 96 valence electrons. The molecule has 0 radical (unpaired) electrons. The number of hydrogen-bond donors (Lipinski definition) is 1. The first kappa shape index (κ1) is 13.2. The van der Waals surface area contributed by atoms with Gasteiger partial charge in [0.2, 0.25) is 0 Å². The Balaban J connectivity index is 2.12. The maximum atomic E-state index is 9.10. The minimum atomic E-state index is 0.310. The number of ether oxygens (including phenoxy) is 1. The van der Waals surface area contributed by atoms with Crippen molar-refractivity contribution in [3.8, 4) is 6.07 Å². The van der Waals surface area contributed by atoms with Crippen molar-refractivity contribution in [1.29, 1.82) is 5.26 Å². The summed E-state index contributed by atoms with van der Waals surface area (Å²) < 4.78 is 5.41. The number of nitrogens with one attached hydrogen (secondary N) is 1. The molecule has 18 heavy (non-hydrogen) atoms. The predicted molar refractivity (Wildman–Crippen MR) is 72.8 cm³/mol. The second kappa shape index (κ2) is 6.08. The van der Waals surface area contributed by atoms with Crippen molar-refractivity contribution in [3.63, 3.8) is 0 Å². The number of nitriles is 1. The molecule has 0 heterocycles.